The van der Waals surface area contributed by atoms with Crippen molar-refractivity contribution in [3.05, 3.63) is 33.7 Å². The molecule has 3 rings (SSSR count). The minimum atomic E-state index is -0.0436. The molecule has 0 radical (unpaired) electrons. The Morgan fingerprint density at radius 3 is 2.82 bits per heavy atom. The van der Waals surface area contributed by atoms with E-state index in [1.54, 1.807) is 0 Å². The lowest BCUT2D eigenvalue weighted by Gasteiger charge is -2.05. The van der Waals surface area contributed by atoms with Gasteiger partial charge in [-0.2, -0.15) is 0 Å². The maximum absolute atomic E-state index is 11.8. The van der Waals surface area contributed by atoms with E-state index in [1.807, 2.05) is 24.3 Å². The zero-order chi connectivity index (χ0) is 15.4. The van der Waals surface area contributed by atoms with Crippen LogP contribution in [0.2, 0.25) is 0 Å². The molecule has 116 valence electrons. The van der Waals surface area contributed by atoms with Crippen molar-refractivity contribution < 1.29 is 9.53 Å². The van der Waals surface area contributed by atoms with Crippen LogP contribution in [-0.4, -0.2) is 22.7 Å². The van der Waals surface area contributed by atoms with E-state index in [-0.39, 0.29) is 5.91 Å². The zero-order valence-electron chi connectivity index (χ0n) is 11.9. The minimum absolute atomic E-state index is 0.0436. The Labute approximate surface area is 141 Å². The van der Waals surface area contributed by atoms with Crippen LogP contribution in [0.15, 0.2) is 28.7 Å². The minimum Gasteiger partial charge on any atom is -0.494 e. The molecule has 1 amide bonds. The lowest BCUT2D eigenvalue weighted by atomic mass is 10.3. The van der Waals surface area contributed by atoms with E-state index in [9.17, 15) is 4.79 Å². The third-order valence-corrected chi connectivity index (χ3v) is 4.77. The lowest BCUT2D eigenvalue weighted by Crippen LogP contribution is -2.12. The normalized spacial score (nSPS) is 13.9. The quantitative estimate of drug-likeness (QED) is 0.736. The molecule has 0 spiro atoms. The van der Waals surface area contributed by atoms with Crippen molar-refractivity contribution in [2.45, 2.75) is 31.6 Å². The van der Waals surface area contributed by atoms with Crippen LogP contribution in [0.4, 0.5) is 5.13 Å². The number of nitrogens with one attached hydrogen (secondary N) is 1. The summed E-state index contributed by atoms with van der Waals surface area (Å²) < 4.78 is 6.59. The fourth-order valence-electron chi connectivity index (χ4n) is 1.92. The number of ether oxygens (including phenoxy) is 1. The zero-order valence-corrected chi connectivity index (χ0v) is 14.3. The van der Waals surface area contributed by atoms with Crippen LogP contribution >= 0.6 is 27.3 Å². The number of hydrogen-bond donors (Lipinski definition) is 1. The number of carbonyl (C=O) groups is 1. The van der Waals surface area contributed by atoms with Gasteiger partial charge in [0, 0.05) is 16.8 Å². The number of benzene rings is 1. The molecule has 1 saturated carbocycles. The molecule has 1 aromatic heterocycles. The van der Waals surface area contributed by atoms with Crippen LogP contribution < -0.4 is 10.1 Å². The van der Waals surface area contributed by atoms with Gasteiger partial charge in [0.15, 0.2) is 0 Å². The van der Waals surface area contributed by atoms with Crippen molar-refractivity contribution in [3.8, 4) is 5.75 Å². The van der Waals surface area contributed by atoms with E-state index in [0.717, 1.165) is 15.2 Å². The Balaban J connectivity index is 1.35. The summed E-state index contributed by atoms with van der Waals surface area (Å²) in [6.45, 7) is 0.512. The topological polar surface area (TPSA) is 64.1 Å². The van der Waals surface area contributed by atoms with Gasteiger partial charge < -0.3 is 10.1 Å². The van der Waals surface area contributed by atoms with Crippen LogP contribution in [0.3, 0.4) is 0 Å². The molecule has 1 N–H and O–H groups in total. The molecule has 1 aromatic carbocycles. The summed E-state index contributed by atoms with van der Waals surface area (Å²) in [6.07, 6.45) is 3.46. The van der Waals surface area contributed by atoms with Gasteiger partial charge in [-0.15, -0.1) is 10.2 Å². The van der Waals surface area contributed by atoms with Crippen LogP contribution in [0.25, 0.3) is 0 Å². The van der Waals surface area contributed by atoms with Crippen molar-refractivity contribution in [1.82, 2.24) is 10.2 Å². The molecule has 1 fully saturated rings. The Kier molecular flexibility index (Phi) is 5.04. The van der Waals surface area contributed by atoms with Crippen molar-refractivity contribution in [1.29, 1.82) is 0 Å². The van der Waals surface area contributed by atoms with E-state index in [0.29, 0.717) is 30.5 Å². The first-order chi connectivity index (χ1) is 10.7. The molecule has 0 aliphatic heterocycles. The third-order valence-electron chi connectivity index (χ3n) is 3.24. The van der Waals surface area contributed by atoms with Gasteiger partial charge in [-0.1, -0.05) is 27.3 Å². The number of aromatic nitrogens is 2. The number of amides is 1. The van der Waals surface area contributed by atoms with Crippen molar-refractivity contribution in [2.75, 3.05) is 11.9 Å². The van der Waals surface area contributed by atoms with Crippen LogP contribution in [0.1, 0.15) is 36.6 Å². The molecule has 0 bridgehead atoms. The number of carbonyl (C=O) groups excluding carboxylic acids is 1. The van der Waals surface area contributed by atoms with Crippen molar-refractivity contribution in [2.24, 2.45) is 0 Å². The lowest BCUT2D eigenvalue weighted by molar-refractivity contribution is -0.116. The molecular formula is C15H16BrN3O2S. The monoisotopic (exact) mass is 381 g/mol. The summed E-state index contributed by atoms with van der Waals surface area (Å²) in [7, 11) is 0. The molecular weight excluding hydrogens is 366 g/mol. The molecule has 1 aliphatic carbocycles. The second kappa shape index (κ2) is 7.19. The summed E-state index contributed by atoms with van der Waals surface area (Å²) in [5, 5.41) is 12.5. The molecule has 1 heterocycles. The summed E-state index contributed by atoms with van der Waals surface area (Å²) >= 11 is 4.85. The molecule has 5 nitrogen and oxygen atoms in total. The van der Waals surface area contributed by atoms with Gasteiger partial charge in [0.1, 0.15) is 10.8 Å². The maximum Gasteiger partial charge on any atom is 0.226 e. The van der Waals surface area contributed by atoms with Crippen LogP contribution in [-0.2, 0) is 4.79 Å². The van der Waals surface area contributed by atoms with Gasteiger partial charge in [-0.05, 0) is 43.5 Å². The van der Waals surface area contributed by atoms with Gasteiger partial charge in [0.2, 0.25) is 11.0 Å². The highest BCUT2D eigenvalue weighted by atomic mass is 79.9. The molecule has 0 unspecified atom stereocenters. The van der Waals surface area contributed by atoms with E-state index >= 15 is 0 Å². The smallest absolute Gasteiger partial charge is 0.226 e. The molecule has 22 heavy (non-hydrogen) atoms. The van der Waals surface area contributed by atoms with Crippen LogP contribution in [0.5, 0.6) is 5.75 Å². The number of rotatable bonds is 7. The van der Waals surface area contributed by atoms with Gasteiger partial charge in [0.05, 0.1) is 6.61 Å². The fourth-order valence-corrected chi connectivity index (χ4v) is 3.11. The standard InChI is InChI=1S/C15H16BrN3O2S/c16-11-5-7-12(8-6-11)21-9-1-2-13(20)17-15-19-18-14(22-15)10-3-4-10/h5-8,10H,1-4,9H2,(H,17,19,20). The second-order valence-electron chi connectivity index (χ2n) is 5.17. The van der Waals surface area contributed by atoms with E-state index in [4.69, 9.17) is 4.74 Å². The highest BCUT2D eigenvalue weighted by molar-refractivity contribution is 9.10. The summed E-state index contributed by atoms with van der Waals surface area (Å²) in [6, 6.07) is 7.64. The summed E-state index contributed by atoms with van der Waals surface area (Å²) in [5.74, 6) is 1.34. The predicted molar refractivity (Wildman–Crippen MR) is 89.4 cm³/mol. The Morgan fingerprint density at radius 2 is 2.09 bits per heavy atom. The van der Waals surface area contributed by atoms with Crippen molar-refractivity contribution in [3.63, 3.8) is 0 Å². The summed E-state index contributed by atoms with van der Waals surface area (Å²) in [5.41, 5.74) is 0. The third kappa shape index (κ3) is 4.51. The molecule has 0 atom stereocenters. The molecule has 2 aromatic rings. The van der Waals surface area contributed by atoms with E-state index in [2.05, 4.69) is 31.4 Å². The number of halogens is 1. The summed E-state index contributed by atoms with van der Waals surface area (Å²) in [4.78, 5) is 11.8. The van der Waals surface area contributed by atoms with E-state index < -0.39 is 0 Å². The largest absolute Gasteiger partial charge is 0.494 e. The first-order valence-electron chi connectivity index (χ1n) is 7.22. The van der Waals surface area contributed by atoms with Gasteiger partial charge in [-0.3, -0.25) is 4.79 Å². The average Bonchev–Trinajstić information content (AvgIpc) is 3.26. The van der Waals surface area contributed by atoms with E-state index in [1.165, 1.54) is 24.2 Å². The number of anilines is 1. The molecule has 7 heteroatoms. The average molecular weight is 382 g/mol. The molecule has 1 aliphatic rings. The maximum atomic E-state index is 11.8. The highest BCUT2D eigenvalue weighted by Gasteiger charge is 2.27. The van der Waals surface area contributed by atoms with Crippen LogP contribution in [0, 0.1) is 0 Å². The predicted octanol–water partition coefficient (Wildman–Crippen LogP) is 3.98. The second-order valence-corrected chi connectivity index (χ2v) is 7.10. The SMILES string of the molecule is O=C(CCCOc1ccc(Br)cc1)Nc1nnc(C2CC2)s1. The van der Waals surface area contributed by atoms with Gasteiger partial charge >= 0.3 is 0 Å². The Morgan fingerprint density at radius 1 is 1.32 bits per heavy atom. The number of nitrogens with zero attached hydrogens (tertiary/aromatic N) is 2. The van der Waals surface area contributed by atoms with Crippen molar-refractivity contribution >= 4 is 38.3 Å². The Bertz CT molecular complexity index is 640. The highest BCUT2D eigenvalue weighted by Crippen LogP contribution is 2.42. The molecule has 0 saturated heterocycles. The van der Waals surface area contributed by atoms with Gasteiger partial charge in [-0.25, -0.2) is 0 Å². The number of hydrogen-bond acceptors (Lipinski definition) is 5. The Hall–Kier alpha value is -1.47. The first kappa shape index (κ1) is 15.4. The fraction of sp³-hybridized carbons (Fsp3) is 0.400. The van der Waals surface area contributed by atoms with Gasteiger partial charge in [0.25, 0.3) is 0 Å². The first-order valence-corrected chi connectivity index (χ1v) is 8.83.